The number of nitrogens with zero attached hydrogens (tertiary/aromatic N) is 1. The Labute approximate surface area is 183 Å². The molecule has 5 atom stereocenters. The number of rotatable bonds is 5. The Bertz CT molecular complexity index is 999. The van der Waals surface area contributed by atoms with Crippen molar-refractivity contribution in [3.63, 3.8) is 0 Å². The Hall–Kier alpha value is -2.33. The van der Waals surface area contributed by atoms with Gasteiger partial charge in [-0.2, -0.15) is 0 Å². The minimum absolute atomic E-state index is 0.0232. The zero-order chi connectivity index (χ0) is 20.8. The summed E-state index contributed by atoms with van der Waals surface area (Å²) < 4.78 is 0. The Kier molecular flexibility index (Phi) is 3.61. The fraction of sp³-hybridized carbons (Fsp3) is 0.519. The van der Waals surface area contributed by atoms with Crippen LogP contribution >= 0.6 is 0 Å². The standard InChI is InChI=1S/C27H30N2O2/c30-24(15-26-13-19-11-18-12-20(14-26)27(18,19)26)28-23-8-4-7-22-21(23)9-10-29(25(22)31)16-17-5-2-1-3-6-17/h1-10,18-21,23,25,31H,11-16H2,(H,28,30). The van der Waals surface area contributed by atoms with Crippen LogP contribution in [0, 0.1) is 34.5 Å². The number of fused-ring (bicyclic) bond motifs is 1. The van der Waals surface area contributed by atoms with E-state index in [1.165, 1.54) is 31.2 Å². The molecule has 31 heavy (non-hydrogen) atoms. The molecule has 160 valence electrons. The van der Waals surface area contributed by atoms with Crippen LogP contribution in [0.3, 0.4) is 0 Å². The second-order valence-corrected chi connectivity index (χ2v) is 10.9. The molecule has 4 saturated carbocycles. The zero-order valence-corrected chi connectivity index (χ0v) is 17.8. The molecular formula is C27H30N2O2. The van der Waals surface area contributed by atoms with Gasteiger partial charge in [-0.15, -0.1) is 0 Å². The number of aliphatic hydroxyl groups excluding tert-OH is 1. The van der Waals surface area contributed by atoms with E-state index in [4.69, 9.17) is 0 Å². The first-order chi connectivity index (χ1) is 15.1. The molecule has 4 heteroatoms. The van der Waals surface area contributed by atoms with E-state index in [-0.39, 0.29) is 17.9 Å². The summed E-state index contributed by atoms with van der Waals surface area (Å²) in [5.41, 5.74) is 3.06. The summed E-state index contributed by atoms with van der Waals surface area (Å²) in [6.45, 7) is 0.664. The normalized spacial score (nSPS) is 44.9. The van der Waals surface area contributed by atoms with Crippen LogP contribution in [0.2, 0.25) is 0 Å². The highest BCUT2D eigenvalue weighted by Crippen LogP contribution is 2.93. The molecule has 1 spiro atoms. The van der Waals surface area contributed by atoms with Gasteiger partial charge in [-0.3, -0.25) is 4.79 Å². The predicted octanol–water partition coefficient (Wildman–Crippen LogP) is 3.76. The van der Waals surface area contributed by atoms with Crippen LogP contribution in [0.4, 0.5) is 0 Å². The van der Waals surface area contributed by atoms with Crippen LogP contribution in [-0.2, 0) is 11.3 Å². The Morgan fingerprint density at radius 1 is 1.10 bits per heavy atom. The summed E-state index contributed by atoms with van der Waals surface area (Å²) in [5.74, 6) is 3.04. The van der Waals surface area contributed by atoms with Gasteiger partial charge in [0.15, 0.2) is 0 Å². The quantitative estimate of drug-likeness (QED) is 0.771. The van der Waals surface area contributed by atoms with Crippen molar-refractivity contribution in [1.29, 1.82) is 0 Å². The number of allylic oxidation sites excluding steroid dienone is 2. The number of benzene rings is 1. The number of carbonyl (C=O) groups is 1. The third-order valence-electron chi connectivity index (χ3n) is 9.87. The van der Waals surface area contributed by atoms with Crippen molar-refractivity contribution < 1.29 is 9.90 Å². The lowest BCUT2D eigenvalue weighted by molar-refractivity contribution is -0.430. The Balaban J connectivity index is 1.04. The van der Waals surface area contributed by atoms with E-state index in [2.05, 4.69) is 29.6 Å². The van der Waals surface area contributed by atoms with Crippen molar-refractivity contribution in [3.8, 4) is 0 Å². The highest BCUT2D eigenvalue weighted by atomic mass is 16.3. The van der Waals surface area contributed by atoms with E-state index in [0.717, 1.165) is 23.3 Å². The summed E-state index contributed by atoms with van der Waals surface area (Å²) in [7, 11) is 0. The molecule has 0 bridgehead atoms. The molecule has 2 N–H and O–H groups in total. The molecule has 0 aromatic heterocycles. The van der Waals surface area contributed by atoms with Gasteiger partial charge in [0.05, 0.1) is 6.04 Å². The van der Waals surface area contributed by atoms with Crippen molar-refractivity contribution >= 4 is 5.91 Å². The summed E-state index contributed by atoms with van der Waals surface area (Å²) >= 11 is 0. The van der Waals surface area contributed by atoms with Crippen LogP contribution in [-0.4, -0.2) is 28.2 Å². The molecular weight excluding hydrogens is 384 g/mol. The molecule has 1 aromatic carbocycles. The Morgan fingerprint density at radius 3 is 2.58 bits per heavy atom. The van der Waals surface area contributed by atoms with E-state index in [0.29, 0.717) is 23.8 Å². The third-order valence-corrected chi connectivity index (χ3v) is 9.87. The second kappa shape index (κ2) is 6.13. The average molecular weight is 415 g/mol. The van der Waals surface area contributed by atoms with Crippen LogP contribution in [0.15, 0.2) is 66.4 Å². The number of carbonyl (C=O) groups excluding carboxylic acids is 1. The lowest BCUT2D eigenvalue weighted by Gasteiger charge is -2.91. The molecule has 1 heterocycles. The van der Waals surface area contributed by atoms with E-state index >= 15 is 0 Å². The van der Waals surface area contributed by atoms with Crippen molar-refractivity contribution in [2.75, 3.05) is 0 Å². The fourth-order valence-corrected chi connectivity index (χ4v) is 8.77. The maximum Gasteiger partial charge on any atom is 0.221 e. The Morgan fingerprint density at radius 2 is 1.87 bits per heavy atom. The van der Waals surface area contributed by atoms with Gasteiger partial charge in [0.2, 0.25) is 5.91 Å². The zero-order valence-electron chi connectivity index (χ0n) is 17.8. The van der Waals surface area contributed by atoms with Crippen molar-refractivity contribution in [1.82, 2.24) is 10.2 Å². The molecule has 1 amide bonds. The summed E-state index contributed by atoms with van der Waals surface area (Å²) in [6.07, 6.45) is 15.7. The third kappa shape index (κ3) is 2.22. The topological polar surface area (TPSA) is 52.6 Å². The number of hydrogen-bond acceptors (Lipinski definition) is 3. The van der Waals surface area contributed by atoms with Gasteiger partial charge in [-0.05, 0) is 71.6 Å². The van der Waals surface area contributed by atoms with Crippen LogP contribution in [0.25, 0.3) is 0 Å². The molecule has 1 aliphatic heterocycles. The van der Waals surface area contributed by atoms with E-state index < -0.39 is 6.23 Å². The maximum atomic E-state index is 13.1. The van der Waals surface area contributed by atoms with Gasteiger partial charge in [-0.1, -0.05) is 54.6 Å². The lowest BCUT2D eigenvalue weighted by Crippen LogP contribution is -2.85. The van der Waals surface area contributed by atoms with Crippen molar-refractivity contribution in [3.05, 3.63) is 72.0 Å². The summed E-state index contributed by atoms with van der Waals surface area (Å²) in [6, 6.07) is 10.1. The molecule has 5 aliphatic carbocycles. The number of aliphatic hydroxyl groups is 1. The van der Waals surface area contributed by atoms with E-state index in [1.54, 1.807) is 0 Å². The highest BCUT2D eigenvalue weighted by Gasteiger charge is 2.87. The van der Waals surface area contributed by atoms with Crippen LogP contribution in [0.1, 0.15) is 37.7 Å². The molecule has 1 aromatic rings. The van der Waals surface area contributed by atoms with Gasteiger partial charge < -0.3 is 15.3 Å². The van der Waals surface area contributed by atoms with Crippen LogP contribution in [0.5, 0.6) is 0 Å². The second-order valence-electron chi connectivity index (χ2n) is 10.9. The largest absolute Gasteiger partial charge is 0.370 e. The highest BCUT2D eigenvalue weighted by molar-refractivity contribution is 5.78. The molecule has 0 radical (unpaired) electrons. The van der Waals surface area contributed by atoms with Gasteiger partial charge in [-0.25, -0.2) is 0 Å². The number of hydrogen-bond donors (Lipinski definition) is 2. The molecule has 4 nitrogen and oxygen atoms in total. The molecule has 6 aliphatic rings. The van der Waals surface area contributed by atoms with Gasteiger partial charge in [0, 0.05) is 18.9 Å². The van der Waals surface area contributed by atoms with Gasteiger partial charge in [0.1, 0.15) is 6.23 Å². The monoisotopic (exact) mass is 414 g/mol. The molecule has 0 saturated heterocycles. The minimum atomic E-state index is -0.664. The van der Waals surface area contributed by atoms with Crippen molar-refractivity contribution in [2.24, 2.45) is 34.5 Å². The average Bonchev–Trinajstić information content (AvgIpc) is 2.71. The van der Waals surface area contributed by atoms with Gasteiger partial charge in [0.25, 0.3) is 0 Å². The van der Waals surface area contributed by atoms with Crippen molar-refractivity contribution in [2.45, 2.75) is 50.9 Å². The smallest absolute Gasteiger partial charge is 0.221 e. The molecule has 7 rings (SSSR count). The number of amides is 1. The first-order valence-electron chi connectivity index (χ1n) is 11.9. The first kappa shape index (κ1) is 18.3. The van der Waals surface area contributed by atoms with E-state index in [9.17, 15) is 9.90 Å². The lowest BCUT2D eigenvalue weighted by atomic mass is 9.13. The van der Waals surface area contributed by atoms with Crippen LogP contribution < -0.4 is 5.32 Å². The first-order valence-corrected chi connectivity index (χ1v) is 11.9. The predicted molar refractivity (Wildman–Crippen MR) is 118 cm³/mol. The van der Waals surface area contributed by atoms with Gasteiger partial charge >= 0.3 is 0 Å². The SMILES string of the molecule is O=C(CC12CC3CC4CC(C1)C432)NC1C=CC=C2C1C=CN(Cc1ccccc1)C2O. The number of nitrogens with one attached hydrogen (secondary N) is 1. The summed E-state index contributed by atoms with van der Waals surface area (Å²) in [5, 5.41) is 14.3. The fourth-order valence-electron chi connectivity index (χ4n) is 8.77. The summed E-state index contributed by atoms with van der Waals surface area (Å²) in [4.78, 5) is 15.1. The minimum Gasteiger partial charge on any atom is -0.370 e. The molecule has 4 fully saturated rings. The molecule has 5 unspecified atom stereocenters. The van der Waals surface area contributed by atoms with E-state index in [1.807, 2.05) is 41.5 Å². The maximum absolute atomic E-state index is 13.1.